The fraction of sp³-hybridized carbons (Fsp3) is 0.357. The highest BCUT2D eigenvalue weighted by Crippen LogP contribution is 2.47. The fourth-order valence-electron chi connectivity index (χ4n) is 1.70. The van der Waals surface area contributed by atoms with E-state index in [0.717, 1.165) is 30.4 Å². The van der Waals surface area contributed by atoms with Gasteiger partial charge >= 0.3 is 0 Å². The first-order chi connectivity index (χ1) is 7.80. The molecule has 0 radical (unpaired) electrons. The van der Waals surface area contributed by atoms with E-state index in [1.165, 1.54) is 0 Å². The van der Waals surface area contributed by atoms with Gasteiger partial charge in [0.1, 0.15) is 0 Å². The van der Waals surface area contributed by atoms with E-state index in [-0.39, 0.29) is 5.41 Å². The first kappa shape index (κ1) is 10.7. The smallest absolute Gasteiger partial charge is 0.0823 e. The molecule has 0 aromatic heterocycles. The Kier molecular flexibility index (Phi) is 2.95. The molecule has 0 saturated heterocycles. The normalized spacial score (nSPS) is 15.8. The summed E-state index contributed by atoms with van der Waals surface area (Å²) in [6.45, 7) is 0.600. The van der Waals surface area contributed by atoms with Crippen LogP contribution in [0.5, 0.6) is 0 Å². The molecule has 16 heavy (non-hydrogen) atoms. The van der Waals surface area contributed by atoms with Gasteiger partial charge in [-0.2, -0.15) is 5.26 Å². The quantitative estimate of drug-likeness (QED) is 0.758. The van der Waals surface area contributed by atoms with Crippen LogP contribution in [0.15, 0.2) is 24.3 Å². The van der Waals surface area contributed by atoms with Gasteiger partial charge in [0, 0.05) is 18.5 Å². The predicted molar refractivity (Wildman–Crippen MR) is 63.5 cm³/mol. The number of nitrogens with two attached hydrogens (primary N) is 1. The topological polar surface area (TPSA) is 49.8 Å². The van der Waals surface area contributed by atoms with Gasteiger partial charge in [-0.25, -0.2) is 0 Å². The van der Waals surface area contributed by atoms with Crippen molar-refractivity contribution in [2.75, 3.05) is 6.54 Å². The third-order valence-corrected chi connectivity index (χ3v) is 2.90. The minimum atomic E-state index is -0.191. The Balaban J connectivity index is 2.13. The lowest BCUT2D eigenvalue weighted by molar-refractivity contribution is 0.908. The van der Waals surface area contributed by atoms with E-state index in [1.54, 1.807) is 0 Å². The fourth-order valence-corrected chi connectivity index (χ4v) is 1.70. The SMILES string of the molecule is N#CC1(c2ccc(C#CCCN)cc2)CC1. The van der Waals surface area contributed by atoms with Crippen LogP contribution in [0, 0.1) is 23.2 Å². The second-order valence-electron chi connectivity index (χ2n) is 4.11. The van der Waals surface area contributed by atoms with Crippen molar-refractivity contribution in [2.45, 2.75) is 24.7 Å². The Hall–Kier alpha value is -1.77. The maximum Gasteiger partial charge on any atom is 0.0823 e. The summed E-state index contributed by atoms with van der Waals surface area (Å²) in [5, 5.41) is 9.06. The van der Waals surface area contributed by atoms with Gasteiger partial charge < -0.3 is 5.73 Å². The van der Waals surface area contributed by atoms with Crippen molar-refractivity contribution in [1.29, 1.82) is 5.26 Å². The molecule has 0 heterocycles. The molecule has 1 aliphatic carbocycles. The molecule has 2 N–H and O–H groups in total. The van der Waals surface area contributed by atoms with E-state index >= 15 is 0 Å². The number of hydrogen-bond acceptors (Lipinski definition) is 2. The Labute approximate surface area is 96.1 Å². The van der Waals surface area contributed by atoms with Crippen molar-refractivity contribution in [3.8, 4) is 17.9 Å². The number of hydrogen-bond donors (Lipinski definition) is 1. The zero-order valence-electron chi connectivity index (χ0n) is 9.16. The molecule has 0 unspecified atom stereocenters. The summed E-state index contributed by atoms with van der Waals surface area (Å²) in [4.78, 5) is 0. The zero-order chi connectivity index (χ0) is 11.4. The Morgan fingerprint density at radius 2 is 1.94 bits per heavy atom. The van der Waals surface area contributed by atoms with Crippen LogP contribution in [0.1, 0.15) is 30.4 Å². The molecule has 80 valence electrons. The van der Waals surface area contributed by atoms with Gasteiger partial charge in [-0.15, -0.1) is 0 Å². The van der Waals surface area contributed by atoms with Gasteiger partial charge in [0.15, 0.2) is 0 Å². The Morgan fingerprint density at radius 1 is 1.25 bits per heavy atom. The maximum absolute atomic E-state index is 9.06. The van der Waals surface area contributed by atoms with Gasteiger partial charge in [0.2, 0.25) is 0 Å². The summed E-state index contributed by atoms with van der Waals surface area (Å²) < 4.78 is 0. The van der Waals surface area contributed by atoms with Crippen LogP contribution in [0.3, 0.4) is 0 Å². The molecule has 1 aromatic carbocycles. The minimum Gasteiger partial charge on any atom is -0.330 e. The Bertz CT molecular complexity index is 464. The molecule has 2 heteroatoms. The second-order valence-corrected chi connectivity index (χ2v) is 4.11. The highest BCUT2D eigenvalue weighted by molar-refractivity contribution is 5.43. The molecule has 1 saturated carbocycles. The summed E-state index contributed by atoms with van der Waals surface area (Å²) in [7, 11) is 0. The first-order valence-electron chi connectivity index (χ1n) is 5.51. The number of rotatable bonds is 2. The molecule has 1 aliphatic rings. The number of nitrogens with zero attached hydrogens (tertiary/aromatic N) is 1. The number of benzene rings is 1. The first-order valence-corrected chi connectivity index (χ1v) is 5.51. The van der Waals surface area contributed by atoms with Crippen molar-refractivity contribution in [1.82, 2.24) is 0 Å². The largest absolute Gasteiger partial charge is 0.330 e. The summed E-state index contributed by atoms with van der Waals surface area (Å²) in [5.41, 5.74) is 7.29. The predicted octanol–water partition coefficient (Wildman–Crippen LogP) is 1.94. The van der Waals surface area contributed by atoms with Crippen LogP contribution < -0.4 is 5.73 Å². The third-order valence-electron chi connectivity index (χ3n) is 2.90. The highest BCUT2D eigenvalue weighted by atomic mass is 14.5. The lowest BCUT2D eigenvalue weighted by atomic mass is 9.97. The van der Waals surface area contributed by atoms with Crippen LogP contribution in [0.4, 0.5) is 0 Å². The van der Waals surface area contributed by atoms with Gasteiger partial charge in [-0.3, -0.25) is 0 Å². The average Bonchev–Trinajstić information content (AvgIpc) is 3.11. The third kappa shape index (κ3) is 2.08. The van der Waals surface area contributed by atoms with Crippen LogP contribution in [-0.4, -0.2) is 6.54 Å². The van der Waals surface area contributed by atoms with Gasteiger partial charge in [0.05, 0.1) is 11.5 Å². The van der Waals surface area contributed by atoms with E-state index in [2.05, 4.69) is 17.9 Å². The van der Waals surface area contributed by atoms with Crippen LogP contribution >= 0.6 is 0 Å². The molecule has 1 aromatic rings. The molecule has 0 aliphatic heterocycles. The van der Waals surface area contributed by atoms with Crippen LogP contribution in [0.2, 0.25) is 0 Å². The lowest BCUT2D eigenvalue weighted by Gasteiger charge is -2.04. The zero-order valence-corrected chi connectivity index (χ0v) is 9.16. The van der Waals surface area contributed by atoms with Gasteiger partial charge in [-0.1, -0.05) is 24.0 Å². The van der Waals surface area contributed by atoms with Crippen molar-refractivity contribution in [3.63, 3.8) is 0 Å². The molecular formula is C14H14N2. The molecular weight excluding hydrogens is 196 g/mol. The summed E-state index contributed by atoms with van der Waals surface area (Å²) >= 11 is 0. The minimum absolute atomic E-state index is 0.191. The molecule has 0 amide bonds. The summed E-state index contributed by atoms with van der Waals surface area (Å²) in [6, 6.07) is 10.4. The average molecular weight is 210 g/mol. The monoisotopic (exact) mass is 210 g/mol. The van der Waals surface area contributed by atoms with Gasteiger partial charge in [-0.05, 0) is 30.5 Å². The van der Waals surface area contributed by atoms with E-state index in [4.69, 9.17) is 11.0 Å². The van der Waals surface area contributed by atoms with Crippen molar-refractivity contribution in [2.24, 2.45) is 5.73 Å². The lowest BCUT2D eigenvalue weighted by Crippen LogP contribution is -2.01. The van der Waals surface area contributed by atoms with E-state index in [9.17, 15) is 0 Å². The summed E-state index contributed by atoms with van der Waals surface area (Å²) in [5.74, 6) is 6.05. The van der Waals surface area contributed by atoms with Crippen LogP contribution in [-0.2, 0) is 5.41 Å². The molecule has 0 spiro atoms. The van der Waals surface area contributed by atoms with Crippen molar-refractivity contribution >= 4 is 0 Å². The van der Waals surface area contributed by atoms with E-state index in [1.807, 2.05) is 24.3 Å². The van der Waals surface area contributed by atoms with Crippen LogP contribution in [0.25, 0.3) is 0 Å². The molecule has 2 rings (SSSR count). The van der Waals surface area contributed by atoms with E-state index < -0.39 is 0 Å². The maximum atomic E-state index is 9.06. The second kappa shape index (κ2) is 4.39. The molecule has 0 atom stereocenters. The van der Waals surface area contributed by atoms with Crippen molar-refractivity contribution in [3.05, 3.63) is 35.4 Å². The number of nitriles is 1. The Morgan fingerprint density at radius 3 is 2.44 bits per heavy atom. The molecule has 2 nitrogen and oxygen atoms in total. The van der Waals surface area contributed by atoms with Crippen molar-refractivity contribution < 1.29 is 0 Å². The summed E-state index contributed by atoms with van der Waals surface area (Å²) in [6.07, 6.45) is 2.70. The van der Waals surface area contributed by atoms with E-state index in [0.29, 0.717) is 6.54 Å². The van der Waals surface area contributed by atoms with Gasteiger partial charge in [0.25, 0.3) is 0 Å². The molecule has 0 bridgehead atoms. The standard InChI is InChI=1S/C14H14N2/c15-10-2-1-3-12-4-6-13(7-5-12)14(11-16)8-9-14/h4-7H,2,8-10,15H2. The highest BCUT2D eigenvalue weighted by Gasteiger charge is 2.44. The molecule has 1 fully saturated rings.